The first-order valence-corrected chi connectivity index (χ1v) is 6.13. The second-order valence-corrected chi connectivity index (χ2v) is 6.20. The summed E-state index contributed by atoms with van der Waals surface area (Å²) in [5.41, 5.74) is -1.04. The second-order valence-electron chi connectivity index (χ2n) is 6.20. The van der Waals surface area contributed by atoms with Crippen molar-refractivity contribution >= 4 is 12.1 Å². The average molecular weight is 259 g/mol. The predicted molar refractivity (Wildman–Crippen MR) is 69.2 cm³/mol. The summed E-state index contributed by atoms with van der Waals surface area (Å²) in [7, 11) is 0. The summed E-state index contributed by atoms with van der Waals surface area (Å²) in [4.78, 5) is 23.5. The number of hydrogen-bond acceptors (Lipinski definition) is 4. The third-order valence-corrected chi connectivity index (χ3v) is 2.05. The summed E-state index contributed by atoms with van der Waals surface area (Å²) in [5, 5.41) is 2.56. The summed E-state index contributed by atoms with van der Waals surface area (Å²) < 4.78 is 10.1. The molecule has 0 fully saturated rings. The van der Waals surface area contributed by atoms with E-state index < -0.39 is 29.1 Å². The zero-order valence-electron chi connectivity index (χ0n) is 12.4. The Hall–Kier alpha value is -1.26. The van der Waals surface area contributed by atoms with Crippen LogP contribution in [0, 0.1) is 5.41 Å². The van der Waals surface area contributed by atoms with Crippen molar-refractivity contribution in [1.29, 1.82) is 0 Å². The fourth-order valence-corrected chi connectivity index (χ4v) is 1.28. The number of carbonyl (C=O) groups is 2. The fourth-order valence-electron chi connectivity index (χ4n) is 1.28. The van der Waals surface area contributed by atoms with Crippen molar-refractivity contribution in [2.75, 3.05) is 6.61 Å². The van der Waals surface area contributed by atoms with Crippen molar-refractivity contribution in [2.45, 2.75) is 60.1 Å². The van der Waals surface area contributed by atoms with Gasteiger partial charge >= 0.3 is 12.1 Å². The molecule has 5 nitrogen and oxygen atoms in total. The van der Waals surface area contributed by atoms with Crippen molar-refractivity contribution < 1.29 is 19.1 Å². The molecular weight excluding hydrogens is 234 g/mol. The molecule has 0 radical (unpaired) electrons. The van der Waals surface area contributed by atoms with Gasteiger partial charge in [0.05, 0.1) is 6.61 Å². The minimum Gasteiger partial charge on any atom is -0.464 e. The molecule has 0 bridgehead atoms. The van der Waals surface area contributed by atoms with Crippen LogP contribution in [0.3, 0.4) is 0 Å². The Kier molecular flexibility index (Phi) is 5.64. The topological polar surface area (TPSA) is 64.6 Å². The molecule has 0 aromatic rings. The number of esters is 1. The average Bonchev–Trinajstić information content (AvgIpc) is 2.09. The van der Waals surface area contributed by atoms with Crippen molar-refractivity contribution in [3.8, 4) is 0 Å². The van der Waals surface area contributed by atoms with E-state index in [4.69, 9.17) is 9.47 Å². The zero-order valence-corrected chi connectivity index (χ0v) is 12.4. The quantitative estimate of drug-likeness (QED) is 0.791. The van der Waals surface area contributed by atoms with Crippen LogP contribution < -0.4 is 5.32 Å². The van der Waals surface area contributed by atoms with E-state index in [1.54, 1.807) is 27.7 Å². The van der Waals surface area contributed by atoms with E-state index in [2.05, 4.69) is 5.32 Å². The number of nitrogens with one attached hydrogen (secondary N) is 1. The molecule has 0 saturated heterocycles. The Morgan fingerprint density at radius 3 is 1.94 bits per heavy atom. The molecule has 0 rings (SSSR count). The van der Waals surface area contributed by atoms with Crippen LogP contribution in [0.2, 0.25) is 0 Å². The van der Waals surface area contributed by atoms with Gasteiger partial charge in [-0.15, -0.1) is 0 Å². The number of alkyl carbamates (subject to hydrolysis) is 1. The van der Waals surface area contributed by atoms with Gasteiger partial charge in [0, 0.05) is 0 Å². The zero-order chi connectivity index (χ0) is 14.6. The van der Waals surface area contributed by atoms with Crippen molar-refractivity contribution in [3.63, 3.8) is 0 Å². The third kappa shape index (κ3) is 6.47. The molecule has 0 aliphatic carbocycles. The van der Waals surface area contributed by atoms with Gasteiger partial charge in [-0.05, 0) is 33.1 Å². The summed E-state index contributed by atoms with van der Waals surface area (Å²) in [6, 6.07) is -0.729. The highest BCUT2D eigenvalue weighted by molar-refractivity contribution is 5.82. The monoisotopic (exact) mass is 259 g/mol. The Labute approximate surface area is 109 Å². The highest BCUT2D eigenvalue weighted by Gasteiger charge is 2.35. The highest BCUT2D eigenvalue weighted by atomic mass is 16.6. The smallest absolute Gasteiger partial charge is 0.408 e. The first-order valence-electron chi connectivity index (χ1n) is 6.13. The lowest BCUT2D eigenvalue weighted by Gasteiger charge is -2.30. The van der Waals surface area contributed by atoms with Gasteiger partial charge < -0.3 is 14.8 Å². The maximum absolute atomic E-state index is 11.8. The van der Waals surface area contributed by atoms with Gasteiger partial charge in [-0.3, -0.25) is 0 Å². The number of ether oxygens (including phenoxy) is 2. The summed E-state index contributed by atoms with van der Waals surface area (Å²) >= 11 is 0. The molecule has 0 aromatic heterocycles. The molecular formula is C13H25NO4. The van der Waals surface area contributed by atoms with Gasteiger partial charge in [0.2, 0.25) is 0 Å². The van der Waals surface area contributed by atoms with E-state index in [-0.39, 0.29) is 6.61 Å². The van der Waals surface area contributed by atoms with E-state index in [9.17, 15) is 9.59 Å². The van der Waals surface area contributed by atoms with Gasteiger partial charge in [0.25, 0.3) is 0 Å². The Morgan fingerprint density at radius 2 is 1.61 bits per heavy atom. The van der Waals surface area contributed by atoms with Crippen LogP contribution in [-0.4, -0.2) is 30.3 Å². The fraction of sp³-hybridized carbons (Fsp3) is 0.846. The van der Waals surface area contributed by atoms with Gasteiger partial charge in [0.15, 0.2) is 0 Å². The molecule has 0 saturated carbocycles. The Bertz CT molecular complexity index is 299. The van der Waals surface area contributed by atoms with E-state index in [1.807, 2.05) is 20.8 Å². The summed E-state index contributed by atoms with van der Waals surface area (Å²) in [6.07, 6.45) is -0.615. The highest BCUT2D eigenvalue weighted by Crippen LogP contribution is 2.21. The predicted octanol–water partition coefficient (Wildman–Crippen LogP) is 2.49. The van der Waals surface area contributed by atoms with E-state index in [1.165, 1.54) is 0 Å². The lowest BCUT2D eigenvalue weighted by molar-refractivity contribution is -0.148. The van der Waals surface area contributed by atoms with E-state index in [0.717, 1.165) is 0 Å². The molecule has 0 aliphatic heterocycles. The van der Waals surface area contributed by atoms with Crippen LogP contribution in [0.5, 0.6) is 0 Å². The second kappa shape index (κ2) is 6.07. The largest absolute Gasteiger partial charge is 0.464 e. The maximum atomic E-state index is 11.8. The summed E-state index contributed by atoms with van der Waals surface area (Å²) in [6.45, 7) is 12.9. The number of rotatable bonds is 3. The molecule has 0 aromatic carbocycles. The van der Waals surface area contributed by atoms with Crippen molar-refractivity contribution in [3.05, 3.63) is 0 Å². The maximum Gasteiger partial charge on any atom is 0.408 e. The third-order valence-electron chi connectivity index (χ3n) is 2.05. The molecule has 1 atom stereocenters. The number of carbonyl (C=O) groups excluding carboxylic acids is 2. The molecule has 0 aliphatic rings. The first-order chi connectivity index (χ1) is 7.97. The minimum absolute atomic E-state index is 0.279. The van der Waals surface area contributed by atoms with Crippen molar-refractivity contribution in [1.82, 2.24) is 5.32 Å². The standard InChI is InChI=1S/C13H25NO4/c1-8-17-10(15)9(12(2,3)4)14-11(16)18-13(5,6)7/h9H,8H2,1-7H3,(H,14,16)/t9-/m1/s1. The lowest BCUT2D eigenvalue weighted by Crippen LogP contribution is -2.51. The van der Waals surface area contributed by atoms with Gasteiger partial charge in [-0.25, -0.2) is 9.59 Å². The lowest BCUT2D eigenvalue weighted by atomic mass is 9.87. The van der Waals surface area contributed by atoms with Crippen LogP contribution in [-0.2, 0) is 14.3 Å². The SMILES string of the molecule is CCOC(=O)[C@@H](NC(=O)OC(C)(C)C)C(C)(C)C. The van der Waals surface area contributed by atoms with Crippen LogP contribution in [0.1, 0.15) is 48.5 Å². The first kappa shape index (κ1) is 16.7. The molecule has 0 unspecified atom stereocenters. The minimum atomic E-state index is -0.729. The van der Waals surface area contributed by atoms with Crippen LogP contribution >= 0.6 is 0 Å². The van der Waals surface area contributed by atoms with Crippen LogP contribution in [0.25, 0.3) is 0 Å². The Morgan fingerprint density at radius 1 is 1.11 bits per heavy atom. The van der Waals surface area contributed by atoms with Crippen LogP contribution in [0.4, 0.5) is 4.79 Å². The number of hydrogen-bond donors (Lipinski definition) is 1. The van der Waals surface area contributed by atoms with Crippen LogP contribution in [0.15, 0.2) is 0 Å². The molecule has 0 heterocycles. The van der Waals surface area contributed by atoms with Crippen molar-refractivity contribution in [2.24, 2.45) is 5.41 Å². The Balaban J connectivity index is 4.72. The molecule has 18 heavy (non-hydrogen) atoms. The molecule has 1 amide bonds. The molecule has 106 valence electrons. The number of amides is 1. The normalized spacial score (nSPS) is 13.7. The molecule has 1 N–H and O–H groups in total. The van der Waals surface area contributed by atoms with Gasteiger partial charge in [-0.1, -0.05) is 20.8 Å². The summed E-state index contributed by atoms with van der Waals surface area (Å²) in [5.74, 6) is -0.448. The molecule has 0 spiro atoms. The van der Waals surface area contributed by atoms with Gasteiger partial charge in [0.1, 0.15) is 11.6 Å². The molecule has 5 heteroatoms. The van der Waals surface area contributed by atoms with E-state index in [0.29, 0.717) is 0 Å². The van der Waals surface area contributed by atoms with E-state index >= 15 is 0 Å². The van der Waals surface area contributed by atoms with Gasteiger partial charge in [-0.2, -0.15) is 0 Å².